The summed E-state index contributed by atoms with van der Waals surface area (Å²) in [4.78, 5) is 23.7. The van der Waals surface area contributed by atoms with Crippen molar-refractivity contribution in [3.05, 3.63) is 45.9 Å². The summed E-state index contributed by atoms with van der Waals surface area (Å²) in [6.45, 7) is 4.01. The Balaban J connectivity index is 2.68. The number of aryl methyl sites for hydroxylation is 2. The summed E-state index contributed by atoms with van der Waals surface area (Å²) in [5, 5.41) is 1.41. The summed E-state index contributed by atoms with van der Waals surface area (Å²) in [6.07, 6.45) is 1.79. The molecule has 0 aliphatic rings. The molecule has 0 aliphatic heterocycles. The maximum atomic E-state index is 12.0. The normalized spacial score (nSPS) is 10.6. The molecule has 1 aromatic carbocycles. The summed E-state index contributed by atoms with van der Waals surface area (Å²) in [5.74, 6) is -0.400. The fourth-order valence-electron chi connectivity index (χ4n) is 2.02. The van der Waals surface area contributed by atoms with Gasteiger partial charge in [-0.15, -0.1) is 0 Å². The second-order valence-electron chi connectivity index (χ2n) is 4.21. The largest absolute Gasteiger partial charge is 0.462 e. The molecule has 0 atom stereocenters. The van der Waals surface area contributed by atoms with Gasteiger partial charge in [0, 0.05) is 18.6 Å². The Hall–Kier alpha value is -2.10. The molecule has 1 aromatic heterocycles. The first-order chi connectivity index (χ1) is 8.54. The summed E-state index contributed by atoms with van der Waals surface area (Å²) in [5.41, 5.74) is 1.30. The molecule has 0 amide bonds. The van der Waals surface area contributed by atoms with Gasteiger partial charge in [-0.1, -0.05) is 6.07 Å². The van der Waals surface area contributed by atoms with Crippen LogP contribution in [0.3, 0.4) is 0 Å². The third kappa shape index (κ3) is 2.01. The van der Waals surface area contributed by atoms with E-state index in [4.69, 9.17) is 4.74 Å². The summed E-state index contributed by atoms with van der Waals surface area (Å²) in [6, 6.07) is 5.08. The first kappa shape index (κ1) is 12.4. The lowest BCUT2D eigenvalue weighted by atomic mass is 10.1. The smallest absolute Gasteiger partial charge is 0.338 e. The van der Waals surface area contributed by atoms with Gasteiger partial charge in [0.25, 0.3) is 5.56 Å². The van der Waals surface area contributed by atoms with Crippen LogP contribution in [0.5, 0.6) is 0 Å². The number of rotatable bonds is 2. The highest BCUT2D eigenvalue weighted by Crippen LogP contribution is 2.17. The Morgan fingerprint density at radius 1 is 1.33 bits per heavy atom. The standard InChI is InChI=1S/C14H15NO3/c1-4-18-14(17)10-5-6-11-9(2)8-15(3)13(16)12(11)7-10/h5-8H,4H2,1-3H3. The van der Waals surface area contributed by atoms with Crippen molar-refractivity contribution in [1.29, 1.82) is 0 Å². The monoisotopic (exact) mass is 245 g/mol. The molecule has 0 saturated carbocycles. The molecule has 0 unspecified atom stereocenters. The van der Waals surface area contributed by atoms with E-state index in [0.717, 1.165) is 10.9 Å². The Labute approximate surface area is 105 Å². The molecule has 0 bridgehead atoms. The van der Waals surface area contributed by atoms with Crippen molar-refractivity contribution in [2.45, 2.75) is 13.8 Å². The molecule has 2 rings (SSSR count). The van der Waals surface area contributed by atoms with Gasteiger partial charge in [-0.3, -0.25) is 4.79 Å². The predicted molar refractivity (Wildman–Crippen MR) is 69.9 cm³/mol. The van der Waals surface area contributed by atoms with Crippen molar-refractivity contribution in [3.63, 3.8) is 0 Å². The van der Waals surface area contributed by atoms with E-state index in [1.165, 1.54) is 4.57 Å². The van der Waals surface area contributed by atoms with E-state index < -0.39 is 5.97 Å². The van der Waals surface area contributed by atoms with Crippen molar-refractivity contribution in [3.8, 4) is 0 Å². The van der Waals surface area contributed by atoms with Crippen molar-refractivity contribution < 1.29 is 9.53 Å². The van der Waals surface area contributed by atoms with Gasteiger partial charge in [0.05, 0.1) is 12.2 Å². The minimum absolute atomic E-state index is 0.109. The Bertz CT molecular complexity index is 671. The number of pyridine rings is 1. The van der Waals surface area contributed by atoms with Gasteiger partial charge < -0.3 is 9.30 Å². The zero-order valence-electron chi connectivity index (χ0n) is 10.7. The number of benzene rings is 1. The molecule has 4 heteroatoms. The Morgan fingerprint density at radius 2 is 2.06 bits per heavy atom. The molecular formula is C14H15NO3. The topological polar surface area (TPSA) is 48.3 Å². The number of nitrogens with zero attached hydrogens (tertiary/aromatic N) is 1. The van der Waals surface area contributed by atoms with E-state index in [9.17, 15) is 9.59 Å². The number of carbonyl (C=O) groups excluding carboxylic acids is 1. The van der Waals surface area contributed by atoms with Gasteiger partial charge in [-0.05, 0) is 36.9 Å². The highest BCUT2D eigenvalue weighted by Gasteiger charge is 2.10. The van der Waals surface area contributed by atoms with E-state index in [0.29, 0.717) is 17.6 Å². The first-order valence-corrected chi connectivity index (χ1v) is 5.81. The molecule has 18 heavy (non-hydrogen) atoms. The molecule has 0 fully saturated rings. The predicted octanol–water partition coefficient (Wildman–Crippen LogP) is 2.02. The number of ether oxygens (including phenoxy) is 1. The average molecular weight is 245 g/mol. The zero-order valence-corrected chi connectivity index (χ0v) is 10.7. The van der Waals surface area contributed by atoms with Crippen molar-refractivity contribution in [1.82, 2.24) is 4.57 Å². The van der Waals surface area contributed by atoms with Crippen LogP contribution in [0.1, 0.15) is 22.8 Å². The van der Waals surface area contributed by atoms with Crippen LogP contribution in [0.15, 0.2) is 29.2 Å². The minimum atomic E-state index is -0.400. The SMILES string of the molecule is CCOC(=O)c1ccc2c(C)cn(C)c(=O)c2c1. The number of aromatic nitrogens is 1. The Kier molecular flexibility index (Phi) is 3.19. The van der Waals surface area contributed by atoms with E-state index in [1.807, 2.05) is 6.92 Å². The van der Waals surface area contributed by atoms with E-state index >= 15 is 0 Å². The summed E-state index contributed by atoms with van der Waals surface area (Å²) in [7, 11) is 1.70. The molecule has 0 N–H and O–H groups in total. The summed E-state index contributed by atoms with van der Waals surface area (Å²) >= 11 is 0. The van der Waals surface area contributed by atoms with Crippen molar-refractivity contribution >= 4 is 16.7 Å². The highest BCUT2D eigenvalue weighted by molar-refractivity contribution is 5.95. The quantitative estimate of drug-likeness (QED) is 0.760. The van der Waals surface area contributed by atoms with Crippen molar-refractivity contribution in [2.24, 2.45) is 7.05 Å². The van der Waals surface area contributed by atoms with Gasteiger partial charge in [-0.25, -0.2) is 4.79 Å². The average Bonchev–Trinajstić information content (AvgIpc) is 2.36. The first-order valence-electron chi connectivity index (χ1n) is 5.81. The van der Waals surface area contributed by atoms with E-state index in [-0.39, 0.29) is 5.56 Å². The second kappa shape index (κ2) is 4.64. The van der Waals surface area contributed by atoms with Crippen LogP contribution in [-0.4, -0.2) is 17.1 Å². The molecule has 4 nitrogen and oxygen atoms in total. The lowest BCUT2D eigenvalue weighted by molar-refractivity contribution is 0.0526. The molecule has 0 radical (unpaired) electrons. The number of fused-ring (bicyclic) bond motifs is 1. The second-order valence-corrected chi connectivity index (χ2v) is 4.21. The number of esters is 1. The molecule has 0 saturated heterocycles. The molecular weight excluding hydrogens is 230 g/mol. The van der Waals surface area contributed by atoms with E-state index in [1.54, 1.807) is 38.4 Å². The number of hydrogen-bond acceptors (Lipinski definition) is 3. The molecule has 94 valence electrons. The maximum Gasteiger partial charge on any atom is 0.338 e. The lowest BCUT2D eigenvalue weighted by Gasteiger charge is -2.07. The van der Waals surface area contributed by atoms with Crippen LogP contribution in [0.2, 0.25) is 0 Å². The van der Waals surface area contributed by atoms with Crippen LogP contribution < -0.4 is 5.56 Å². The number of hydrogen-bond donors (Lipinski definition) is 0. The van der Waals surface area contributed by atoms with Crippen LogP contribution in [0, 0.1) is 6.92 Å². The summed E-state index contributed by atoms with van der Waals surface area (Å²) < 4.78 is 6.45. The maximum absolute atomic E-state index is 12.0. The molecule has 1 heterocycles. The van der Waals surface area contributed by atoms with Crippen LogP contribution in [0.4, 0.5) is 0 Å². The fraction of sp³-hybridized carbons (Fsp3) is 0.286. The third-order valence-electron chi connectivity index (χ3n) is 2.89. The third-order valence-corrected chi connectivity index (χ3v) is 2.89. The van der Waals surface area contributed by atoms with Gasteiger partial charge in [0.15, 0.2) is 0 Å². The highest BCUT2D eigenvalue weighted by atomic mass is 16.5. The zero-order chi connectivity index (χ0) is 13.3. The molecule has 2 aromatic rings. The van der Waals surface area contributed by atoms with Crippen LogP contribution >= 0.6 is 0 Å². The molecule has 0 spiro atoms. The van der Waals surface area contributed by atoms with Gasteiger partial charge in [-0.2, -0.15) is 0 Å². The molecule has 0 aliphatic carbocycles. The fourth-order valence-corrected chi connectivity index (χ4v) is 2.02. The minimum Gasteiger partial charge on any atom is -0.462 e. The number of carbonyl (C=O) groups is 1. The van der Waals surface area contributed by atoms with Crippen molar-refractivity contribution in [2.75, 3.05) is 6.61 Å². The van der Waals surface area contributed by atoms with Gasteiger partial charge in [0.2, 0.25) is 0 Å². The Morgan fingerprint density at radius 3 is 2.72 bits per heavy atom. The lowest BCUT2D eigenvalue weighted by Crippen LogP contribution is -2.17. The van der Waals surface area contributed by atoms with Gasteiger partial charge in [0.1, 0.15) is 0 Å². The van der Waals surface area contributed by atoms with Gasteiger partial charge >= 0.3 is 5.97 Å². The van der Waals surface area contributed by atoms with Crippen LogP contribution in [-0.2, 0) is 11.8 Å². The van der Waals surface area contributed by atoms with Crippen LogP contribution in [0.25, 0.3) is 10.8 Å². The van der Waals surface area contributed by atoms with E-state index in [2.05, 4.69) is 0 Å².